The number of hydrogen-bond acceptors (Lipinski definition) is 4. The number of carbonyl (C=O) groups excluding carboxylic acids is 1. The summed E-state index contributed by atoms with van der Waals surface area (Å²) in [6, 6.07) is 1.82. The molecule has 0 bridgehead atoms. The molecule has 0 aromatic carbocycles. The van der Waals surface area contributed by atoms with E-state index in [1.165, 1.54) is 4.90 Å². The number of rotatable bonds is 9. The van der Waals surface area contributed by atoms with Gasteiger partial charge < -0.3 is 20.5 Å². The number of anilines is 1. The molecule has 0 aliphatic rings. The zero-order valence-corrected chi connectivity index (χ0v) is 17.3. The highest BCUT2D eigenvalue weighted by atomic mass is 35.5. The monoisotopic (exact) mass is 402 g/mol. The first-order chi connectivity index (χ1) is 13.4. The average Bonchev–Trinajstić information content (AvgIpc) is 3.14. The molecule has 0 saturated carbocycles. The van der Waals surface area contributed by atoms with Crippen LogP contribution in [0, 0.1) is 0 Å². The van der Waals surface area contributed by atoms with Gasteiger partial charge in [0.1, 0.15) is 11.5 Å². The zero-order chi connectivity index (χ0) is 20.5. The van der Waals surface area contributed by atoms with E-state index in [-0.39, 0.29) is 6.03 Å². The van der Waals surface area contributed by atoms with Gasteiger partial charge in [-0.25, -0.2) is 14.8 Å². The van der Waals surface area contributed by atoms with Crippen LogP contribution in [0.3, 0.4) is 0 Å². The number of amides is 2. The van der Waals surface area contributed by atoms with E-state index < -0.39 is 0 Å². The Bertz CT molecular complexity index is 884. The second-order valence-corrected chi connectivity index (χ2v) is 6.83. The fourth-order valence-electron chi connectivity index (χ4n) is 2.39. The Morgan fingerprint density at radius 1 is 1.32 bits per heavy atom. The van der Waals surface area contributed by atoms with Crippen LogP contribution in [0.5, 0.6) is 0 Å². The molecule has 2 aromatic rings. The van der Waals surface area contributed by atoms with Gasteiger partial charge >= 0.3 is 6.03 Å². The summed E-state index contributed by atoms with van der Waals surface area (Å²) in [6.45, 7) is 7.31. The molecule has 0 unspecified atom stereocenters. The van der Waals surface area contributed by atoms with Gasteiger partial charge in [-0.1, -0.05) is 37.3 Å². The van der Waals surface area contributed by atoms with Gasteiger partial charge in [-0.2, -0.15) is 0 Å². The maximum atomic E-state index is 11.5. The molecular formula is C20H27ClN6O. The van der Waals surface area contributed by atoms with E-state index >= 15 is 0 Å². The number of fused-ring (bicyclic) bond motifs is 1. The Morgan fingerprint density at radius 2 is 2.11 bits per heavy atom. The SMILES string of the molecule is C=C(/C=C\C(Cl)=C/CC)c1nc(NCCCNC(=O)N(C)C)c2cc[nH]c2n1. The van der Waals surface area contributed by atoms with E-state index in [1.54, 1.807) is 26.2 Å². The van der Waals surface area contributed by atoms with Crippen molar-refractivity contribution in [3.8, 4) is 0 Å². The second kappa shape index (κ2) is 10.5. The summed E-state index contributed by atoms with van der Waals surface area (Å²) >= 11 is 6.10. The highest BCUT2D eigenvalue weighted by Crippen LogP contribution is 2.22. The number of urea groups is 1. The minimum atomic E-state index is -0.101. The van der Waals surface area contributed by atoms with Gasteiger partial charge in [-0.05, 0) is 25.0 Å². The van der Waals surface area contributed by atoms with Gasteiger partial charge in [0.15, 0.2) is 5.82 Å². The van der Waals surface area contributed by atoms with Gasteiger partial charge in [0, 0.05) is 44.0 Å². The third-order valence-electron chi connectivity index (χ3n) is 3.87. The largest absolute Gasteiger partial charge is 0.369 e. The molecule has 2 heterocycles. The molecule has 2 rings (SSSR count). The third-order valence-corrected chi connectivity index (χ3v) is 4.15. The van der Waals surface area contributed by atoms with E-state index in [2.05, 4.69) is 32.2 Å². The quantitative estimate of drug-likeness (QED) is 0.434. The standard InChI is InChI=1S/C20H27ClN6O/c1-5-7-15(21)9-8-14(2)17-25-18(16-10-13-23-19(16)26-17)22-11-6-12-24-20(28)27(3)4/h7-10,13H,2,5-6,11-12H2,1,3-4H3,(H,24,28)(H2,22,23,25,26)/b9-8-,15-7+. The normalized spacial score (nSPS) is 11.8. The van der Waals surface area contributed by atoms with Crippen LogP contribution in [0.15, 0.2) is 42.1 Å². The fourth-order valence-corrected chi connectivity index (χ4v) is 2.60. The summed E-state index contributed by atoms with van der Waals surface area (Å²) in [5.41, 5.74) is 1.40. The molecule has 0 aliphatic carbocycles. The van der Waals surface area contributed by atoms with Crippen molar-refractivity contribution in [3.63, 3.8) is 0 Å². The fraction of sp³-hybridized carbons (Fsp3) is 0.350. The Labute approximate surface area is 170 Å². The molecule has 0 aliphatic heterocycles. The first kappa shape index (κ1) is 21.5. The topological polar surface area (TPSA) is 85.9 Å². The number of nitrogens with one attached hydrogen (secondary N) is 3. The van der Waals surface area contributed by atoms with E-state index in [0.29, 0.717) is 29.5 Å². The molecule has 150 valence electrons. The first-order valence-corrected chi connectivity index (χ1v) is 9.57. The maximum absolute atomic E-state index is 11.5. The molecule has 3 N–H and O–H groups in total. The zero-order valence-electron chi connectivity index (χ0n) is 16.6. The summed E-state index contributed by atoms with van der Waals surface area (Å²) in [7, 11) is 3.43. The summed E-state index contributed by atoms with van der Waals surface area (Å²) in [4.78, 5) is 25.3. The van der Waals surface area contributed by atoms with Crippen molar-refractivity contribution in [1.82, 2.24) is 25.2 Å². The molecular weight excluding hydrogens is 376 g/mol. The van der Waals surface area contributed by atoms with Crippen molar-refractivity contribution < 1.29 is 4.79 Å². The van der Waals surface area contributed by atoms with Gasteiger partial charge in [-0.15, -0.1) is 0 Å². The van der Waals surface area contributed by atoms with E-state index in [0.717, 1.165) is 29.7 Å². The Hall–Kier alpha value is -2.80. The molecule has 0 saturated heterocycles. The predicted octanol–water partition coefficient (Wildman–Crippen LogP) is 4.13. The van der Waals surface area contributed by atoms with Gasteiger partial charge in [0.05, 0.1) is 5.39 Å². The molecule has 0 atom stereocenters. The number of aromatic amines is 1. The van der Waals surface area contributed by atoms with E-state index in [1.807, 2.05) is 25.3 Å². The second-order valence-electron chi connectivity index (χ2n) is 6.40. The van der Waals surface area contributed by atoms with Gasteiger partial charge in [0.2, 0.25) is 0 Å². The van der Waals surface area contributed by atoms with Crippen molar-refractivity contribution in [1.29, 1.82) is 0 Å². The minimum absolute atomic E-state index is 0.101. The number of hydrogen-bond donors (Lipinski definition) is 3. The average molecular weight is 403 g/mol. The maximum Gasteiger partial charge on any atom is 0.316 e. The van der Waals surface area contributed by atoms with Crippen LogP contribution in [0.2, 0.25) is 0 Å². The lowest BCUT2D eigenvalue weighted by atomic mass is 10.2. The first-order valence-electron chi connectivity index (χ1n) is 9.19. The highest BCUT2D eigenvalue weighted by Gasteiger charge is 2.10. The molecule has 0 spiro atoms. The third kappa shape index (κ3) is 6.13. The van der Waals surface area contributed by atoms with E-state index in [9.17, 15) is 4.79 Å². The van der Waals surface area contributed by atoms with Crippen LogP contribution in [0.25, 0.3) is 16.6 Å². The Balaban J connectivity index is 2.05. The number of H-pyrrole nitrogens is 1. The lowest BCUT2D eigenvalue weighted by molar-refractivity contribution is 0.217. The molecule has 7 nitrogen and oxygen atoms in total. The van der Waals surface area contributed by atoms with Crippen molar-refractivity contribution in [2.45, 2.75) is 19.8 Å². The van der Waals surface area contributed by atoms with E-state index in [4.69, 9.17) is 11.6 Å². The van der Waals surface area contributed by atoms with Crippen molar-refractivity contribution in [3.05, 3.63) is 47.9 Å². The molecule has 8 heteroatoms. The Morgan fingerprint density at radius 3 is 2.82 bits per heavy atom. The summed E-state index contributed by atoms with van der Waals surface area (Å²) < 4.78 is 0. The lowest BCUT2D eigenvalue weighted by Gasteiger charge is -2.12. The van der Waals surface area contributed by atoms with Crippen molar-refractivity contribution in [2.75, 3.05) is 32.5 Å². The molecule has 0 fully saturated rings. The van der Waals surface area contributed by atoms with Crippen LogP contribution in [0.1, 0.15) is 25.6 Å². The number of aromatic nitrogens is 3. The summed E-state index contributed by atoms with van der Waals surface area (Å²) in [5.74, 6) is 1.25. The number of carbonyl (C=O) groups is 1. The van der Waals surface area contributed by atoms with Gasteiger partial charge in [0.25, 0.3) is 0 Å². The summed E-state index contributed by atoms with van der Waals surface area (Å²) in [5, 5.41) is 7.71. The predicted molar refractivity (Wildman–Crippen MR) is 116 cm³/mol. The van der Waals surface area contributed by atoms with Crippen LogP contribution in [-0.4, -0.2) is 53.1 Å². The summed E-state index contributed by atoms with van der Waals surface area (Å²) in [6.07, 6.45) is 8.97. The van der Waals surface area contributed by atoms with Crippen LogP contribution in [-0.2, 0) is 0 Å². The Kier molecular flexibility index (Phi) is 8.07. The highest BCUT2D eigenvalue weighted by molar-refractivity contribution is 6.31. The smallest absolute Gasteiger partial charge is 0.316 e. The van der Waals surface area contributed by atoms with Crippen molar-refractivity contribution in [2.24, 2.45) is 0 Å². The molecule has 2 amide bonds. The number of halogens is 1. The van der Waals surface area contributed by atoms with Crippen molar-refractivity contribution >= 4 is 40.1 Å². The molecule has 0 radical (unpaired) electrons. The van der Waals surface area contributed by atoms with Crippen LogP contribution in [0.4, 0.5) is 10.6 Å². The molecule has 28 heavy (non-hydrogen) atoms. The minimum Gasteiger partial charge on any atom is -0.369 e. The molecule has 2 aromatic heterocycles. The lowest BCUT2D eigenvalue weighted by Crippen LogP contribution is -2.35. The number of nitrogens with zero attached hydrogens (tertiary/aromatic N) is 3. The van der Waals surface area contributed by atoms with Gasteiger partial charge in [-0.3, -0.25) is 0 Å². The van der Waals surface area contributed by atoms with Crippen LogP contribution >= 0.6 is 11.6 Å². The van der Waals surface area contributed by atoms with Crippen LogP contribution < -0.4 is 10.6 Å². The number of allylic oxidation sites excluding steroid dienone is 5.